The number of carbonyl (C=O) groups is 2. The predicted octanol–water partition coefficient (Wildman–Crippen LogP) is 3.67. The van der Waals surface area contributed by atoms with Crippen molar-refractivity contribution in [3.8, 4) is 0 Å². The maximum absolute atomic E-state index is 13.0. The van der Waals surface area contributed by atoms with Crippen LogP contribution in [0.3, 0.4) is 0 Å². The van der Waals surface area contributed by atoms with Crippen LogP contribution < -0.4 is 10.0 Å². The number of aliphatic hydroxyl groups excluding tert-OH is 1. The molecule has 0 spiro atoms. The van der Waals surface area contributed by atoms with Crippen molar-refractivity contribution in [3.05, 3.63) is 108 Å². The van der Waals surface area contributed by atoms with Gasteiger partial charge in [-0.15, -0.1) is 0 Å². The first-order chi connectivity index (χ1) is 17.2. The van der Waals surface area contributed by atoms with Crippen LogP contribution >= 0.6 is 0 Å². The largest absolute Gasteiger partial charge is 0.478 e. The van der Waals surface area contributed by atoms with E-state index in [2.05, 4.69) is 10.0 Å². The van der Waals surface area contributed by atoms with Crippen LogP contribution in [0, 0.1) is 0 Å². The summed E-state index contributed by atoms with van der Waals surface area (Å²) < 4.78 is 28.5. The highest BCUT2D eigenvalue weighted by molar-refractivity contribution is 7.92. The van der Waals surface area contributed by atoms with Crippen LogP contribution in [0.15, 0.2) is 95.9 Å². The minimum Gasteiger partial charge on any atom is -0.478 e. The lowest BCUT2D eigenvalue weighted by Gasteiger charge is -2.17. The van der Waals surface area contributed by atoms with Crippen LogP contribution in [0.2, 0.25) is 0 Å². The molecule has 1 amide bonds. The number of anilines is 1. The molecule has 0 aliphatic heterocycles. The van der Waals surface area contributed by atoms with E-state index < -0.39 is 27.9 Å². The minimum atomic E-state index is -4.07. The molecule has 4 rings (SSSR count). The number of carboxylic acid groups (broad SMARTS) is 1. The van der Waals surface area contributed by atoms with E-state index in [0.29, 0.717) is 6.42 Å². The molecular formula is C27H24N2O6S. The van der Waals surface area contributed by atoms with Gasteiger partial charge >= 0.3 is 5.97 Å². The van der Waals surface area contributed by atoms with Crippen molar-refractivity contribution in [2.45, 2.75) is 17.4 Å². The number of fused-ring (bicyclic) bond motifs is 1. The van der Waals surface area contributed by atoms with Gasteiger partial charge in [0.2, 0.25) is 0 Å². The number of carbonyl (C=O) groups excluding carboxylic acids is 1. The Morgan fingerprint density at radius 3 is 2.17 bits per heavy atom. The molecule has 0 heterocycles. The second kappa shape index (κ2) is 10.6. The molecule has 1 unspecified atom stereocenters. The molecule has 8 nitrogen and oxygen atoms in total. The lowest BCUT2D eigenvalue weighted by molar-refractivity contribution is 0.0697. The van der Waals surface area contributed by atoms with Gasteiger partial charge in [-0.1, -0.05) is 60.7 Å². The Kier molecular flexibility index (Phi) is 7.33. The molecule has 0 aliphatic rings. The van der Waals surface area contributed by atoms with E-state index in [1.165, 1.54) is 18.2 Å². The number of rotatable bonds is 9. The summed E-state index contributed by atoms with van der Waals surface area (Å²) in [6.07, 6.45) is 0.364. The Morgan fingerprint density at radius 2 is 1.47 bits per heavy atom. The van der Waals surface area contributed by atoms with Crippen LogP contribution in [-0.2, 0) is 16.4 Å². The Balaban J connectivity index is 1.59. The topological polar surface area (TPSA) is 133 Å². The summed E-state index contributed by atoms with van der Waals surface area (Å²) in [5, 5.41) is 23.5. The molecule has 4 aromatic carbocycles. The minimum absolute atomic E-state index is 0.00358. The fraction of sp³-hybridized carbons (Fsp3) is 0.111. The fourth-order valence-corrected chi connectivity index (χ4v) is 4.89. The lowest BCUT2D eigenvalue weighted by Crippen LogP contribution is -2.39. The van der Waals surface area contributed by atoms with Gasteiger partial charge in [-0.3, -0.25) is 9.52 Å². The van der Waals surface area contributed by atoms with Crippen LogP contribution in [0.5, 0.6) is 0 Å². The first kappa shape index (κ1) is 24.9. The lowest BCUT2D eigenvalue weighted by atomic mass is 10.0. The first-order valence-electron chi connectivity index (χ1n) is 11.1. The maximum Gasteiger partial charge on any atom is 0.335 e. The van der Waals surface area contributed by atoms with E-state index in [1.807, 2.05) is 42.5 Å². The molecule has 0 fully saturated rings. The number of aromatic carboxylic acids is 1. The smallest absolute Gasteiger partial charge is 0.335 e. The third-order valence-corrected chi connectivity index (χ3v) is 6.99. The second-order valence-electron chi connectivity index (χ2n) is 8.26. The van der Waals surface area contributed by atoms with Crippen LogP contribution in [0.4, 0.5) is 5.69 Å². The number of benzene rings is 4. The molecule has 0 bridgehead atoms. The molecule has 9 heteroatoms. The Hall–Kier alpha value is -4.21. The average molecular weight is 505 g/mol. The van der Waals surface area contributed by atoms with Crippen LogP contribution in [0.25, 0.3) is 10.8 Å². The van der Waals surface area contributed by atoms with Gasteiger partial charge in [-0.2, -0.15) is 0 Å². The zero-order valence-electron chi connectivity index (χ0n) is 19.1. The third-order valence-electron chi connectivity index (χ3n) is 5.61. The van der Waals surface area contributed by atoms with E-state index in [9.17, 15) is 28.2 Å². The van der Waals surface area contributed by atoms with Crippen LogP contribution in [-0.4, -0.2) is 43.2 Å². The summed E-state index contributed by atoms with van der Waals surface area (Å²) in [7, 11) is -4.07. The molecule has 1 atom stereocenters. The molecule has 36 heavy (non-hydrogen) atoms. The SMILES string of the molecule is O=C(O)c1cc(NS(=O)(=O)c2ccc3ccccc3c2)cc(C(=O)NC(CO)Cc2ccccc2)c1. The Labute approximate surface area is 208 Å². The highest BCUT2D eigenvalue weighted by atomic mass is 32.2. The van der Waals surface area contributed by atoms with E-state index in [4.69, 9.17) is 0 Å². The van der Waals surface area contributed by atoms with Crippen molar-refractivity contribution < 1.29 is 28.2 Å². The zero-order chi connectivity index (χ0) is 25.7. The number of aliphatic hydroxyl groups is 1. The summed E-state index contributed by atoms with van der Waals surface area (Å²) >= 11 is 0. The van der Waals surface area contributed by atoms with Crippen molar-refractivity contribution in [1.82, 2.24) is 5.32 Å². The quantitative estimate of drug-likeness (QED) is 0.275. The number of nitrogens with one attached hydrogen (secondary N) is 2. The molecule has 0 aliphatic carbocycles. The van der Waals surface area contributed by atoms with Gasteiger partial charge in [0.1, 0.15) is 0 Å². The fourth-order valence-electron chi connectivity index (χ4n) is 3.82. The second-order valence-corrected chi connectivity index (χ2v) is 9.94. The van der Waals surface area contributed by atoms with E-state index in [0.717, 1.165) is 28.5 Å². The van der Waals surface area contributed by atoms with Gasteiger partial charge in [0.05, 0.1) is 28.8 Å². The van der Waals surface area contributed by atoms with Crippen molar-refractivity contribution in [2.75, 3.05) is 11.3 Å². The summed E-state index contributed by atoms with van der Waals surface area (Å²) in [6.45, 7) is -0.333. The molecule has 184 valence electrons. The third kappa shape index (κ3) is 5.88. The average Bonchev–Trinajstić information content (AvgIpc) is 2.88. The first-order valence-corrected chi connectivity index (χ1v) is 12.6. The van der Waals surface area contributed by atoms with Gasteiger partial charge in [0.25, 0.3) is 15.9 Å². The molecule has 0 saturated carbocycles. The zero-order valence-corrected chi connectivity index (χ0v) is 19.9. The number of sulfonamides is 1. The van der Waals surface area contributed by atoms with Gasteiger partial charge in [0.15, 0.2) is 0 Å². The standard InChI is InChI=1S/C27H24N2O6S/c30-17-24(12-18-6-2-1-3-7-18)28-26(31)21-13-22(27(32)33)15-23(14-21)29-36(34,35)25-11-10-19-8-4-5-9-20(19)16-25/h1-11,13-16,24,29-30H,12,17H2,(H,28,31)(H,32,33). The van der Waals surface area contributed by atoms with Gasteiger partial charge < -0.3 is 15.5 Å². The molecular weight excluding hydrogens is 480 g/mol. The van der Waals surface area contributed by atoms with E-state index in [-0.39, 0.29) is 28.3 Å². The van der Waals surface area contributed by atoms with Crippen molar-refractivity contribution in [2.24, 2.45) is 0 Å². The molecule has 0 aromatic heterocycles. The highest BCUT2D eigenvalue weighted by Crippen LogP contribution is 2.23. The Morgan fingerprint density at radius 1 is 0.806 bits per heavy atom. The molecule has 4 N–H and O–H groups in total. The summed E-state index contributed by atoms with van der Waals surface area (Å²) in [5.41, 5.74) is 0.511. The normalized spacial score (nSPS) is 12.1. The summed E-state index contributed by atoms with van der Waals surface area (Å²) in [5.74, 6) is -1.96. The summed E-state index contributed by atoms with van der Waals surface area (Å²) in [4.78, 5) is 24.6. The highest BCUT2D eigenvalue weighted by Gasteiger charge is 2.20. The molecule has 0 radical (unpaired) electrons. The number of amides is 1. The van der Waals surface area contributed by atoms with E-state index >= 15 is 0 Å². The number of hydrogen-bond acceptors (Lipinski definition) is 5. The van der Waals surface area contributed by atoms with E-state index in [1.54, 1.807) is 18.2 Å². The van der Waals surface area contributed by atoms with Gasteiger partial charge in [-0.05, 0) is 53.1 Å². The number of hydrogen-bond donors (Lipinski definition) is 4. The summed E-state index contributed by atoms with van der Waals surface area (Å²) in [6, 6.07) is 24.1. The number of carboxylic acids is 1. The van der Waals surface area contributed by atoms with Crippen molar-refractivity contribution in [1.29, 1.82) is 0 Å². The maximum atomic E-state index is 13.0. The van der Waals surface area contributed by atoms with Gasteiger partial charge in [0, 0.05) is 5.56 Å². The molecule has 4 aromatic rings. The Bertz CT molecular complexity index is 1520. The predicted molar refractivity (Wildman–Crippen MR) is 137 cm³/mol. The monoisotopic (exact) mass is 504 g/mol. The van der Waals surface area contributed by atoms with Gasteiger partial charge in [-0.25, -0.2) is 13.2 Å². The van der Waals surface area contributed by atoms with Crippen molar-refractivity contribution >= 4 is 38.4 Å². The van der Waals surface area contributed by atoms with Crippen molar-refractivity contribution in [3.63, 3.8) is 0 Å². The molecule has 0 saturated heterocycles. The van der Waals surface area contributed by atoms with Crippen LogP contribution in [0.1, 0.15) is 26.3 Å².